The van der Waals surface area contributed by atoms with Crippen LogP contribution in [0.2, 0.25) is 0 Å². The van der Waals surface area contributed by atoms with E-state index < -0.39 is 12.1 Å². The number of rotatable bonds is 14. The van der Waals surface area contributed by atoms with E-state index in [0.717, 1.165) is 44.9 Å². The molecule has 4 nitrogen and oxygen atoms in total. The van der Waals surface area contributed by atoms with Crippen LogP contribution in [-0.2, 0) is 9.59 Å². The van der Waals surface area contributed by atoms with Crippen molar-refractivity contribution in [2.24, 2.45) is 11.8 Å². The van der Waals surface area contributed by atoms with Crippen LogP contribution in [0.3, 0.4) is 0 Å². The van der Waals surface area contributed by atoms with Gasteiger partial charge in [0.05, 0.1) is 6.10 Å². The third-order valence-corrected chi connectivity index (χ3v) is 5.38. The maximum absolute atomic E-state index is 12.1. The van der Waals surface area contributed by atoms with E-state index in [9.17, 15) is 14.7 Å². The smallest absolute Gasteiger partial charge is 0.303 e. The summed E-state index contributed by atoms with van der Waals surface area (Å²) in [4.78, 5) is 22.6. The number of unbranched alkanes of at least 4 members (excludes halogenated alkanes) is 8. The molecule has 1 saturated carbocycles. The van der Waals surface area contributed by atoms with Crippen LogP contribution in [0.1, 0.15) is 96.8 Å². The summed E-state index contributed by atoms with van der Waals surface area (Å²) in [7, 11) is 0. The Morgan fingerprint density at radius 1 is 0.958 bits per heavy atom. The van der Waals surface area contributed by atoms with Gasteiger partial charge in [-0.25, -0.2) is 0 Å². The minimum atomic E-state index is -0.733. The van der Waals surface area contributed by atoms with Gasteiger partial charge < -0.3 is 10.2 Å². The maximum atomic E-state index is 12.1. The van der Waals surface area contributed by atoms with Crippen LogP contribution in [0.5, 0.6) is 0 Å². The fraction of sp³-hybridized carbons (Fsp3) is 0.900. The third-order valence-electron chi connectivity index (χ3n) is 5.38. The van der Waals surface area contributed by atoms with Gasteiger partial charge in [-0.2, -0.15) is 0 Å². The lowest BCUT2D eigenvalue weighted by molar-refractivity contribution is -0.137. The maximum Gasteiger partial charge on any atom is 0.303 e. The largest absolute Gasteiger partial charge is 0.481 e. The zero-order valence-electron chi connectivity index (χ0n) is 15.3. The summed E-state index contributed by atoms with van der Waals surface area (Å²) < 4.78 is 0. The topological polar surface area (TPSA) is 74.6 Å². The van der Waals surface area contributed by atoms with E-state index in [1.807, 2.05) is 0 Å². The molecule has 0 aromatic heterocycles. The summed E-state index contributed by atoms with van der Waals surface area (Å²) >= 11 is 0. The van der Waals surface area contributed by atoms with Crippen LogP contribution in [0.15, 0.2) is 0 Å². The average Bonchev–Trinajstić information content (AvgIpc) is 2.80. The van der Waals surface area contributed by atoms with E-state index in [-0.39, 0.29) is 24.0 Å². The van der Waals surface area contributed by atoms with Crippen molar-refractivity contribution in [1.82, 2.24) is 0 Å². The Labute approximate surface area is 147 Å². The summed E-state index contributed by atoms with van der Waals surface area (Å²) in [6.45, 7) is 2.22. The zero-order valence-corrected chi connectivity index (χ0v) is 15.3. The first-order valence-corrected chi connectivity index (χ1v) is 9.98. The molecule has 0 aliphatic heterocycles. The highest BCUT2D eigenvalue weighted by molar-refractivity contribution is 5.84. The van der Waals surface area contributed by atoms with E-state index in [0.29, 0.717) is 6.42 Å². The molecule has 0 saturated heterocycles. The second-order valence-corrected chi connectivity index (χ2v) is 7.41. The minimum absolute atomic E-state index is 0.0371. The number of carboxylic acid groups (broad SMARTS) is 1. The fourth-order valence-electron chi connectivity index (χ4n) is 3.94. The Morgan fingerprint density at radius 3 is 2.21 bits per heavy atom. The molecule has 0 spiro atoms. The molecule has 1 rings (SSSR count). The van der Waals surface area contributed by atoms with Crippen LogP contribution in [0.4, 0.5) is 0 Å². The molecule has 0 bridgehead atoms. The second-order valence-electron chi connectivity index (χ2n) is 7.41. The monoisotopic (exact) mass is 340 g/mol. The van der Waals surface area contributed by atoms with Gasteiger partial charge in [-0.05, 0) is 25.2 Å². The van der Waals surface area contributed by atoms with Gasteiger partial charge in [0, 0.05) is 18.8 Å². The van der Waals surface area contributed by atoms with Gasteiger partial charge in [0.15, 0.2) is 0 Å². The van der Waals surface area contributed by atoms with Gasteiger partial charge in [0.25, 0.3) is 0 Å². The lowest BCUT2D eigenvalue weighted by Gasteiger charge is -2.21. The van der Waals surface area contributed by atoms with E-state index in [1.165, 1.54) is 32.1 Å². The molecular weight excluding hydrogens is 304 g/mol. The molecule has 3 atom stereocenters. The molecular formula is C20H36O4. The van der Waals surface area contributed by atoms with Gasteiger partial charge in [-0.1, -0.05) is 64.7 Å². The van der Waals surface area contributed by atoms with Crippen LogP contribution in [0, 0.1) is 11.8 Å². The summed E-state index contributed by atoms with van der Waals surface area (Å²) in [5.41, 5.74) is 0. The molecule has 0 aromatic carbocycles. The summed E-state index contributed by atoms with van der Waals surface area (Å²) in [5.74, 6) is -0.301. The first kappa shape index (κ1) is 21.1. The van der Waals surface area contributed by atoms with Crippen LogP contribution in [-0.4, -0.2) is 28.1 Å². The normalized spacial score (nSPS) is 23.8. The molecule has 1 aliphatic carbocycles. The molecule has 0 heterocycles. The molecule has 0 unspecified atom stereocenters. The highest BCUT2D eigenvalue weighted by Crippen LogP contribution is 2.36. The Kier molecular flexibility index (Phi) is 11.0. The van der Waals surface area contributed by atoms with E-state index in [1.54, 1.807) is 0 Å². The number of ketones is 1. The molecule has 2 N–H and O–H groups in total. The molecule has 140 valence electrons. The predicted octanol–water partition coefficient (Wildman–Crippen LogP) is 4.73. The molecule has 4 heteroatoms. The minimum Gasteiger partial charge on any atom is -0.481 e. The molecule has 1 fully saturated rings. The standard InChI is InChI=1S/C20H36O4/c1-2-3-4-5-6-9-12-16-17(19(22)15-18(16)21)13-10-7-8-11-14-20(23)24/h16-18,21H,2-15H2,1H3,(H,23,24)/t16-,17-,18-/m1/s1. The van der Waals surface area contributed by atoms with E-state index in [4.69, 9.17) is 5.11 Å². The van der Waals surface area contributed by atoms with Crippen molar-refractivity contribution in [3.05, 3.63) is 0 Å². The number of aliphatic hydroxyl groups is 1. The van der Waals surface area contributed by atoms with Crippen molar-refractivity contribution in [1.29, 1.82) is 0 Å². The average molecular weight is 341 g/mol. The van der Waals surface area contributed by atoms with E-state index in [2.05, 4.69) is 6.92 Å². The molecule has 0 radical (unpaired) electrons. The highest BCUT2D eigenvalue weighted by Gasteiger charge is 2.40. The Hall–Kier alpha value is -0.900. The number of carbonyl (C=O) groups excluding carboxylic acids is 1. The SMILES string of the molecule is CCCCCCCC[C@H]1[C@H](O)CC(=O)[C@@H]1CCCCCCC(=O)O. The number of carboxylic acids is 1. The predicted molar refractivity (Wildman–Crippen MR) is 95.9 cm³/mol. The number of hydrogen-bond acceptors (Lipinski definition) is 3. The first-order chi connectivity index (χ1) is 11.6. The van der Waals surface area contributed by atoms with Crippen molar-refractivity contribution >= 4 is 11.8 Å². The lowest BCUT2D eigenvalue weighted by atomic mass is 9.85. The highest BCUT2D eigenvalue weighted by atomic mass is 16.4. The number of hydrogen-bond donors (Lipinski definition) is 2. The molecule has 0 amide bonds. The van der Waals surface area contributed by atoms with Gasteiger partial charge in [0.2, 0.25) is 0 Å². The Balaban J connectivity index is 2.21. The van der Waals surface area contributed by atoms with Crippen molar-refractivity contribution in [3.63, 3.8) is 0 Å². The van der Waals surface area contributed by atoms with Crippen molar-refractivity contribution in [2.75, 3.05) is 0 Å². The summed E-state index contributed by atoms with van der Waals surface area (Å²) in [6, 6.07) is 0. The third kappa shape index (κ3) is 8.27. The van der Waals surface area contributed by atoms with Crippen molar-refractivity contribution < 1.29 is 19.8 Å². The van der Waals surface area contributed by atoms with E-state index >= 15 is 0 Å². The number of aliphatic hydroxyl groups excluding tert-OH is 1. The summed E-state index contributed by atoms with van der Waals surface area (Å²) in [6.07, 6.45) is 13.0. The first-order valence-electron chi connectivity index (χ1n) is 9.98. The Morgan fingerprint density at radius 2 is 1.54 bits per heavy atom. The van der Waals surface area contributed by atoms with Crippen molar-refractivity contribution in [3.8, 4) is 0 Å². The molecule has 1 aliphatic rings. The number of Topliss-reactive ketones (excluding diaryl/α,β-unsaturated/α-hetero) is 1. The van der Waals surface area contributed by atoms with Crippen LogP contribution < -0.4 is 0 Å². The number of carbonyl (C=O) groups is 2. The Bertz CT molecular complexity index is 367. The molecule has 24 heavy (non-hydrogen) atoms. The quantitative estimate of drug-likeness (QED) is 0.448. The summed E-state index contributed by atoms with van der Waals surface area (Å²) in [5, 5.41) is 18.8. The molecule has 0 aromatic rings. The number of aliphatic carboxylic acids is 1. The van der Waals surface area contributed by atoms with Crippen LogP contribution >= 0.6 is 0 Å². The lowest BCUT2D eigenvalue weighted by Crippen LogP contribution is -2.20. The van der Waals surface area contributed by atoms with Gasteiger partial charge in [-0.3, -0.25) is 9.59 Å². The zero-order chi connectivity index (χ0) is 17.8. The van der Waals surface area contributed by atoms with Gasteiger partial charge in [-0.15, -0.1) is 0 Å². The van der Waals surface area contributed by atoms with Gasteiger partial charge in [0.1, 0.15) is 5.78 Å². The van der Waals surface area contributed by atoms with Crippen molar-refractivity contribution in [2.45, 2.75) is 103 Å². The van der Waals surface area contributed by atoms with Crippen LogP contribution in [0.25, 0.3) is 0 Å². The fourth-order valence-corrected chi connectivity index (χ4v) is 3.94. The second kappa shape index (κ2) is 12.5. The van der Waals surface area contributed by atoms with Gasteiger partial charge >= 0.3 is 5.97 Å².